The SMILES string of the molecule is C=CCN(Cc1cc(-c2ccc(OCc3ccccc3)cc2)no1)S(=O)(=O)N(CC=C)Cc1cc(-c2ccc(OCc3ccccc3)cc2)no1. The Bertz CT molecular complexity index is 1970. The lowest BCUT2D eigenvalue weighted by Crippen LogP contribution is -2.43. The summed E-state index contributed by atoms with van der Waals surface area (Å²) in [4.78, 5) is 0. The molecule has 51 heavy (non-hydrogen) atoms. The molecule has 2 aromatic heterocycles. The van der Waals surface area contributed by atoms with Crippen LogP contribution in [0.25, 0.3) is 22.5 Å². The summed E-state index contributed by atoms with van der Waals surface area (Å²) >= 11 is 0. The highest BCUT2D eigenvalue weighted by Gasteiger charge is 2.31. The van der Waals surface area contributed by atoms with E-state index in [1.165, 1.54) is 20.8 Å². The second-order valence-corrected chi connectivity index (χ2v) is 13.6. The van der Waals surface area contributed by atoms with Gasteiger partial charge in [-0.3, -0.25) is 0 Å². The summed E-state index contributed by atoms with van der Waals surface area (Å²) in [6, 6.07) is 38.3. The van der Waals surface area contributed by atoms with E-state index in [9.17, 15) is 8.42 Å². The van der Waals surface area contributed by atoms with Gasteiger partial charge in [0.05, 0.1) is 13.1 Å². The molecule has 0 N–H and O–H groups in total. The molecule has 0 aliphatic heterocycles. The Morgan fingerprint density at radius 1 is 0.588 bits per heavy atom. The molecule has 0 bridgehead atoms. The molecule has 0 fully saturated rings. The normalized spacial score (nSPS) is 11.5. The third-order valence-electron chi connectivity index (χ3n) is 7.90. The third kappa shape index (κ3) is 9.28. The van der Waals surface area contributed by atoms with Crippen molar-refractivity contribution in [2.24, 2.45) is 0 Å². The third-order valence-corrected chi connectivity index (χ3v) is 9.76. The zero-order chi connectivity index (χ0) is 35.5. The van der Waals surface area contributed by atoms with Crippen LogP contribution in [0, 0.1) is 0 Å². The molecule has 0 spiro atoms. The molecule has 0 aliphatic rings. The van der Waals surface area contributed by atoms with E-state index < -0.39 is 10.2 Å². The first-order valence-corrected chi connectivity index (χ1v) is 17.7. The van der Waals surface area contributed by atoms with Gasteiger partial charge in [0.1, 0.15) is 36.1 Å². The lowest BCUT2D eigenvalue weighted by Gasteiger charge is -2.27. The van der Waals surface area contributed by atoms with E-state index in [2.05, 4.69) is 23.5 Å². The van der Waals surface area contributed by atoms with Crippen molar-refractivity contribution in [1.29, 1.82) is 0 Å². The summed E-state index contributed by atoms with van der Waals surface area (Å²) in [6.07, 6.45) is 3.05. The molecule has 11 heteroatoms. The van der Waals surface area contributed by atoms with E-state index >= 15 is 0 Å². The smallest absolute Gasteiger partial charge is 0.283 e. The molecule has 0 unspecified atom stereocenters. The van der Waals surface area contributed by atoms with Crippen molar-refractivity contribution >= 4 is 10.2 Å². The fraction of sp³-hybridized carbons (Fsp3) is 0.150. The van der Waals surface area contributed by atoms with Crippen LogP contribution in [0.4, 0.5) is 0 Å². The number of nitrogens with zero attached hydrogens (tertiary/aromatic N) is 4. The van der Waals surface area contributed by atoms with Crippen LogP contribution >= 0.6 is 0 Å². The molecule has 0 radical (unpaired) electrons. The lowest BCUT2D eigenvalue weighted by atomic mass is 10.1. The molecule has 0 saturated carbocycles. The number of hydrogen-bond donors (Lipinski definition) is 0. The van der Waals surface area contributed by atoms with Crippen molar-refractivity contribution in [3.05, 3.63) is 169 Å². The molecule has 4 aromatic carbocycles. The van der Waals surface area contributed by atoms with Crippen molar-refractivity contribution < 1.29 is 26.9 Å². The highest BCUT2D eigenvalue weighted by atomic mass is 32.2. The Morgan fingerprint density at radius 2 is 0.980 bits per heavy atom. The Balaban J connectivity index is 1.09. The van der Waals surface area contributed by atoms with Crippen molar-refractivity contribution in [2.75, 3.05) is 13.1 Å². The maximum atomic E-state index is 14.0. The summed E-state index contributed by atoms with van der Waals surface area (Å²) < 4.78 is 53.4. The van der Waals surface area contributed by atoms with Gasteiger partial charge in [-0.2, -0.15) is 17.0 Å². The van der Waals surface area contributed by atoms with Crippen LogP contribution in [0.15, 0.2) is 156 Å². The highest BCUT2D eigenvalue weighted by Crippen LogP contribution is 2.27. The molecule has 2 heterocycles. The van der Waals surface area contributed by atoms with Gasteiger partial charge in [0.2, 0.25) is 0 Å². The largest absolute Gasteiger partial charge is 0.489 e. The maximum absolute atomic E-state index is 14.0. The van der Waals surface area contributed by atoms with E-state index in [1.807, 2.05) is 109 Å². The summed E-state index contributed by atoms with van der Waals surface area (Å²) in [5.74, 6) is 2.18. The van der Waals surface area contributed by atoms with Crippen molar-refractivity contribution in [3.63, 3.8) is 0 Å². The minimum absolute atomic E-state index is 0.0415. The van der Waals surface area contributed by atoms with Crippen LogP contribution in [-0.2, 0) is 36.5 Å². The van der Waals surface area contributed by atoms with Crippen LogP contribution in [-0.4, -0.2) is 40.4 Å². The predicted molar refractivity (Wildman–Crippen MR) is 196 cm³/mol. The van der Waals surface area contributed by atoms with Gasteiger partial charge in [0.25, 0.3) is 10.2 Å². The molecule has 0 atom stereocenters. The van der Waals surface area contributed by atoms with E-state index in [-0.39, 0.29) is 26.2 Å². The Kier molecular flexibility index (Phi) is 11.5. The fourth-order valence-electron chi connectivity index (χ4n) is 5.25. The van der Waals surface area contributed by atoms with Gasteiger partial charge in [-0.05, 0) is 59.7 Å². The standard InChI is InChI=1S/C40H38N4O6S/c1-3-23-43(27-37-25-39(41-49-37)33-15-19-35(20-16-33)47-29-31-11-7-5-8-12-31)51(45,46)44(24-4-2)28-38-26-40(42-50-38)34-17-21-36(22-18-34)48-30-32-13-9-6-10-14-32/h3-22,25-26H,1-2,23-24,27-30H2. The summed E-state index contributed by atoms with van der Waals surface area (Å²) in [5, 5.41) is 8.38. The summed E-state index contributed by atoms with van der Waals surface area (Å²) in [5.41, 5.74) is 4.90. The van der Waals surface area contributed by atoms with Gasteiger partial charge in [-0.15, -0.1) is 13.2 Å². The van der Waals surface area contributed by atoms with Crippen LogP contribution < -0.4 is 9.47 Å². The summed E-state index contributed by atoms with van der Waals surface area (Å²) in [6.45, 7) is 8.42. The van der Waals surface area contributed by atoms with E-state index in [1.54, 1.807) is 12.1 Å². The monoisotopic (exact) mass is 702 g/mol. The molecular weight excluding hydrogens is 665 g/mol. The second-order valence-electron chi connectivity index (χ2n) is 11.6. The average Bonchev–Trinajstić information content (AvgIpc) is 3.84. The molecular formula is C40H38N4O6S. The molecule has 6 rings (SSSR count). The van der Waals surface area contributed by atoms with E-state index in [0.717, 1.165) is 33.8 Å². The van der Waals surface area contributed by atoms with Crippen molar-refractivity contribution in [2.45, 2.75) is 26.3 Å². The number of hydrogen-bond acceptors (Lipinski definition) is 8. The predicted octanol–water partition coefficient (Wildman–Crippen LogP) is 8.08. The Labute approximate surface area is 298 Å². The Morgan fingerprint density at radius 3 is 1.35 bits per heavy atom. The van der Waals surface area contributed by atoms with Crippen LogP contribution in [0.2, 0.25) is 0 Å². The van der Waals surface area contributed by atoms with E-state index in [0.29, 0.717) is 36.1 Å². The Hall–Kier alpha value is -5.75. The van der Waals surface area contributed by atoms with Crippen LogP contribution in [0.1, 0.15) is 22.6 Å². The van der Waals surface area contributed by atoms with Crippen LogP contribution in [0.5, 0.6) is 11.5 Å². The van der Waals surface area contributed by atoms with Crippen LogP contribution in [0.3, 0.4) is 0 Å². The van der Waals surface area contributed by atoms with E-state index in [4.69, 9.17) is 18.5 Å². The highest BCUT2D eigenvalue weighted by molar-refractivity contribution is 7.86. The van der Waals surface area contributed by atoms with Gasteiger partial charge >= 0.3 is 0 Å². The first-order chi connectivity index (χ1) is 24.9. The number of benzene rings is 4. The van der Waals surface area contributed by atoms with Gasteiger partial charge in [-0.1, -0.05) is 83.1 Å². The first-order valence-electron chi connectivity index (χ1n) is 16.3. The second kappa shape index (κ2) is 16.8. The topological polar surface area (TPSA) is 111 Å². The lowest BCUT2D eigenvalue weighted by molar-refractivity contribution is 0.294. The average molecular weight is 703 g/mol. The molecule has 10 nitrogen and oxygen atoms in total. The molecule has 6 aromatic rings. The number of rotatable bonds is 18. The molecule has 0 saturated heterocycles. The first kappa shape index (κ1) is 35.1. The molecule has 0 amide bonds. The fourth-order valence-corrected chi connectivity index (χ4v) is 6.75. The van der Waals surface area contributed by atoms with Crippen molar-refractivity contribution in [1.82, 2.24) is 18.9 Å². The zero-order valence-electron chi connectivity index (χ0n) is 28.0. The quantitative estimate of drug-likeness (QED) is 0.0827. The molecule has 0 aliphatic carbocycles. The molecule has 260 valence electrons. The van der Waals surface area contributed by atoms with Gasteiger partial charge in [0, 0.05) is 36.3 Å². The zero-order valence-corrected chi connectivity index (χ0v) is 28.8. The summed E-state index contributed by atoms with van der Waals surface area (Å²) in [7, 11) is -4.05. The van der Waals surface area contributed by atoms with Gasteiger partial charge < -0.3 is 18.5 Å². The minimum atomic E-state index is -4.05. The maximum Gasteiger partial charge on any atom is 0.283 e. The van der Waals surface area contributed by atoms with Gasteiger partial charge in [-0.25, -0.2) is 0 Å². The number of aromatic nitrogens is 2. The van der Waals surface area contributed by atoms with Gasteiger partial charge in [0.15, 0.2) is 11.5 Å². The number of ether oxygens (including phenoxy) is 2. The minimum Gasteiger partial charge on any atom is -0.489 e. The van der Waals surface area contributed by atoms with Crippen molar-refractivity contribution in [3.8, 4) is 34.0 Å².